The van der Waals surface area contributed by atoms with Crippen LogP contribution in [0.4, 0.5) is 26.3 Å². The van der Waals surface area contributed by atoms with Crippen molar-refractivity contribution in [3.8, 4) is 22.5 Å². The van der Waals surface area contributed by atoms with E-state index in [1.54, 1.807) is 0 Å². The molecule has 0 bridgehead atoms. The Labute approximate surface area is 278 Å². The lowest BCUT2D eigenvalue weighted by Gasteiger charge is -2.45. The van der Waals surface area contributed by atoms with Crippen LogP contribution in [0.15, 0.2) is 36.7 Å². The number of aromatic nitrogens is 6. The molecule has 50 heavy (non-hydrogen) atoms. The van der Waals surface area contributed by atoms with E-state index < -0.39 is 118 Å². The van der Waals surface area contributed by atoms with Crippen molar-refractivity contribution in [1.82, 2.24) is 30.0 Å². The second-order valence-corrected chi connectivity index (χ2v) is 13.0. The molecule has 270 valence electrons. The molecule has 6 rings (SSSR count). The van der Waals surface area contributed by atoms with Crippen LogP contribution in [0.1, 0.15) is 12.1 Å². The van der Waals surface area contributed by atoms with Crippen molar-refractivity contribution in [3.63, 3.8) is 0 Å². The molecular weight excluding hydrogens is 710 g/mol. The Morgan fingerprint density at radius 2 is 0.960 bits per heavy atom. The molecule has 10 atom stereocenters. The number of ether oxygens (including phenoxy) is 2. The summed E-state index contributed by atoms with van der Waals surface area (Å²) in [6, 6.07) is -0.743. The van der Waals surface area contributed by atoms with E-state index in [-0.39, 0.29) is 22.5 Å². The lowest BCUT2D eigenvalue weighted by Crippen LogP contribution is -2.62. The number of halogens is 6. The number of hydrogen-bond acceptors (Lipinski definition) is 13. The van der Waals surface area contributed by atoms with Gasteiger partial charge in [-0.25, -0.2) is 35.7 Å². The summed E-state index contributed by atoms with van der Waals surface area (Å²) in [7, 11) is -2.69. The first-order valence-electron chi connectivity index (χ1n) is 14.5. The highest BCUT2D eigenvalue weighted by molar-refractivity contribution is 7.86. The normalized spacial score (nSPS) is 30.3. The first-order chi connectivity index (χ1) is 23.7. The quantitative estimate of drug-likeness (QED) is 0.0990. The molecular formula is C28H26F6N6O9S. The Bertz CT molecular complexity index is 1730. The lowest BCUT2D eigenvalue weighted by molar-refractivity contribution is -0.191. The van der Waals surface area contributed by atoms with Gasteiger partial charge in [0.1, 0.15) is 60.1 Å². The van der Waals surface area contributed by atoms with Gasteiger partial charge < -0.3 is 40.1 Å². The summed E-state index contributed by atoms with van der Waals surface area (Å²) >= 11 is 0. The summed E-state index contributed by atoms with van der Waals surface area (Å²) in [4.78, 5) is 0. The van der Waals surface area contributed by atoms with Gasteiger partial charge in [-0.3, -0.25) is 4.21 Å². The van der Waals surface area contributed by atoms with E-state index >= 15 is 0 Å². The van der Waals surface area contributed by atoms with Crippen LogP contribution in [-0.2, 0) is 20.3 Å². The van der Waals surface area contributed by atoms with E-state index in [4.69, 9.17) is 9.47 Å². The van der Waals surface area contributed by atoms with Crippen molar-refractivity contribution in [2.75, 3.05) is 13.2 Å². The van der Waals surface area contributed by atoms with Gasteiger partial charge >= 0.3 is 0 Å². The Hall–Kier alpha value is -3.87. The van der Waals surface area contributed by atoms with Gasteiger partial charge in [-0.05, 0) is 24.3 Å². The first-order valence-corrected chi connectivity index (χ1v) is 15.8. The summed E-state index contributed by atoms with van der Waals surface area (Å²) < 4.78 is 109. The third-order valence-corrected chi connectivity index (χ3v) is 10.0. The molecule has 22 heteroatoms. The van der Waals surface area contributed by atoms with Crippen molar-refractivity contribution < 1.29 is 70.7 Å². The average Bonchev–Trinajstić information content (AvgIpc) is 3.77. The maximum Gasteiger partial charge on any atom is 0.194 e. The van der Waals surface area contributed by atoms with Gasteiger partial charge in [0.15, 0.2) is 45.8 Å². The highest BCUT2D eigenvalue weighted by Crippen LogP contribution is 2.38. The van der Waals surface area contributed by atoms with Crippen molar-refractivity contribution in [1.29, 1.82) is 0 Å². The van der Waals surface area contributed by atoms with Crippen molar-refractivity contribution in [2.24, 2.45) is 0 Å². The number of hydrogen-bond donors (Lipinski definition) is 6. The molecule has 0 amide bonds. The molecule has 2 aromatic carbocycles. The smallest absolute Gasteiger partial charge is 0.194 e. The Morgan fingerprint density at radius 1 is 0.620 bits per heavy atom. The Balaban J connectivity index is 1.29. The standard InChI is InChI=1S/C28H26F6N6O9S/c29-11-1-9(2-12(30)19(11)33)15-5-39(37-35-15)21-23(43)17(7-41)48-27(25(21)45)50(47)28-26(46)22(24(44)18(8-42)49-28)40-6-16(36-38-40)10-3-13(31)20(34)14(32)4-10/h1-6,17-18,21-28,41-46H,7-8H2/t17-,18-,21+,22+,23+,24+,25-,26-,27-,28-/m1/s1. The highest BCUT2D eigenvalue weighted by Gasteiger charge is 2.54. The van der Waals surface area contributed by atoms with Gasteiger partial charge in [0.25, 0.3) is 0 Å². The van der Waals surface area contributed by atoms with Gasteiger partial charge in [-0.2, -0.15) is 0 Å². The molecule has 0 radical (unpaired) electrons. The topological polar surface area (TPSA) is 218 Å². The monoisotopic (exact) mass is 736 g/mol. The summed E-state index contributed by atoms with van der Waals surface area (Å²) in [6.45, 7) is -1.82. The highest BCUT2D eigenvalue weighted by atomic mass is 32.2. The second-order valence-electron chi connectivity index (χ2n) is 11.4. The molecule has 0 spiro atoms. The van der Waals surface area contributed by atoms with E-state index in [0.717, 1.165) is 21.8 Å². The maximum atomic E-state index is 14.0. The van der Waals surface area contributed by atoms with Crippen LogP contribution >= 0.6 is 0 Å². The summed E-state index contributed by atoms with van der Waals surface area (Å²) in [5.74, 6) is -9.61. The zero-order valence-corrected chi connectivity index (χ0v) is 25.7. The Morgan fingerprint density at radius 3 is 1.28 bits per heavy atom. The molecule has 0 saturated carbocycles. The molecule has 2 aliphatic rings. The predicted octanol–water partition coefficient (Wildman–Crippen LogP) is -0.553. The molecule has 0 unspecified atom stereocenters. The van der Waals surface area contributed by atoms with Crippen LogP contribution in [0.5, 0.6) is 0 Å². The molecule has 0 aliphatic carbocycles. The van der Waals surface area contributed by atoms with Crippen LogP contribution in [0.3, 0.4) is 0 Å². The van der Waals surface area contributed by atoms with E-state index in [0.29, 0.717) is 24.3 Å². The van der Waals surface area contributed by atoms with Gasteiger partial charge in [0.05, 0.1) is 36.4 Å². The van der Waals surface area contributed by atoms with Crippen LogP contribution in [0.2, 0.25) is 0 Å². The number of benzene rings is 2. The second kappa shape index (κ2) is 14.0. The first kappa shape index (κ1) is 35.9. The van der Waals surface area contributed by atoms with Crippen LogP contribution in [-0.4, -0.2) is 126 Å². The van der Waals surface area contributed by atoms with Crippen LogP contribution < -0.4 is 0 Å². The fraction of sp³-hybridized carbons (Fsp3) is 0.429. The fourth-order valence-corrected chi connectivity index (χ4v) is 7.43. The minimum absolute atomic E-state index is 0.237. The molecule has 2 saturated heterocycles. The fourth-order valence-electron chi connectivity index (χ4n) is 5.79. The minimum atomic E-state index is -2.69. The number of aliphatic hydroxyl groups is 6. The number of rotatable bonds is 8. The molecule has 2 fully saturated rings. The van der Waals surface area contributed by atoms with Crippen molar-refractivity contribution >= 4 is 10.8 Å². The van der Waals surface area contributed by atoms with Gasteiger partial charge in [0.2, 0.25) is 0 Å². The molecule has 2 aromatic heterocycles. The van der Waals surface area contributed by atoms with Gasteiger partial charge in [-0.1, -0.05) is 10.4 Å². The third-order valence-electron chi connectivity index (χ3n) is 8.35. The molecule has 2 aliphatic heterocycles. The van der Waals surface area contributed by atoms with Crippen LogP contribution in [0.25, 0.3) is 22.5 Å². The average molecular weight is 737 g/mol. The largest absolute Gasteiger partial charge is 0.394 e. The molecule has 4 aromatic rings. The third kappa shape index (κ3) is 6.30. The van der Waals surface area contributed by atoms with Crippen molar-refractivity contribution in [3.05, 3.63) is 71.6 Å². The van der Waals surface area contributed by atoms with E-state index in [2.05, 4.69) is 20.6 Å². The summed E-state index contributed by atoms with van der Waals surface area (Å²) in [5, 5.41) is 79.4. The van der Waals surface area contributed by atoms with E-state index in [1.165, 1.54) is 0 Å². The number of aliphatic hydroxyl groups excluding tert-OH is 6. The Kier molecular flexibility index (Phi) is 10.1. The molecule has 4 heterocycles. The maximum absolute atomic E-state index is 14.0. The predicted molar refractivity (Wildman–Crippen MR) is 152 cm³/mol. The van der Waals surface area contributed by atoms with Crippen LogP contribution in [0, 0.1) is 34.9 Å². The SMILES string of the molecule is O=S([C@H]1O[C@H](CO)[C@H](O)[C@H](n2cc(-c3cc(F)c(F)c(F)c3)nn2)[C@H]1O)[C@H]1O[C@H](CO)[C@H](O)[C@H](n2cc(-c3cc(F)c(F)c(F)c3)nn2)[C@H]1O. The van der Waals surface area contributed by atoms with Gasteiger partial charge in [0, 0.05) is 11.1 Å². The van der Waals surface area contributed by atoms with Gasteiger partial charge in [-0.15, -0.1) is 10.2 Å². The lowest BCUT2D eigenvalue weighted by atomic mass is 9.97. The van der Waals surface area contributed by atoms with Crippen molar-refractivity contribution in [2.45, 2.75) is 59.6 Å². The zero-order chi connectivity index (χ0) is 36.2. The zero-order valence-electron chi connectivity index (χ0n) is 24.9. The number of nitrogens with zero attached hydrogens (tertiary/aromatic N) is 6. The summed E-state index contributed by atoms with van der Waals surface area (Å²) in [5.41, 5.74) is -4.82. The summed E-state index contributed by atoms with van der Waals surface area (Å²) in [6.07, 6.45) is -8.63. The minimum Gasteiger partial charge on any atom is -0.394 e. The molecule has 6 N–H and O–H groups in total. The van der Waals surface area contributed by atoms with E-state index in [1.807, 2.05) is 0 Å². The van der Waals surface area contributed by atoms with E-state index in [9.17, 15) is 61.2 Å². The molecule has 15 nitrogen and oxygen atoms in total.